The third-order valence-electron chi connectivity index (χ3n) is 0.569. The van der Waals surface area contributed by atoms with E-state index in [0.29, 0.717) is 0 Å². The summed E-state index contributed by atoms with van der Waals surface area (Å²) in [5.74, 6) is -0.957. The van der Waals surface area contributed by atoms with Crippen LogP contribution in [0.3, 0.4) is 0 Å². The monoisotopic (exact) mass is 219 g/mol. The number of ketones is 1. The molecule has 0 rings (SSSR count). The van der Waals surface area contributed by atoms with Crippen LogP contribution in [-0.4, -0.2) is 18.9 Å². The zero-order valence-electron chi connectivity index (χ0n) is 6.22. The number of Topliss-reactive ketones (excluding diaryl/α,β-unsaturated/α-hetero) is 1. The average Bonchev–Trinajstić information content (AvgIpc) is 1.65. The van der Waals surface area contributed by atoms with Crippen LogP contribution in [0.15, 0.2) is 0 Å². The molecular formula is C6H10O3Y-2. The molecule has 0 fully saturated rings. The van der Waals surface area contributed by atoms with E-state index in [1.807, 2.05) is 0 Å². The molecule has 0 atom stereocenters. The van der Waals surface area contributed by atoms with Crippen molar-refractivity contribution in [1.29, 1.82) is 0 Å². The molecule has 0 saturated heterocycles. The van der Waals surface area contributed by atoms with Gasteiger partial charge in [-0.15, -0.1) is 0 Å². The molecule has 0 aliphatic heterocycles. The summed E-state index contributed by atoms with van der Waals surface area (Å²) in [6.07, 6.45) is -0.226. The number of carbonyl (C=O) groups excluding carboxylic acids is 2. The minimum Gasteiger partial charge on any atom is -0.469 e. The van der Waals surface area contributed by atoms with Gasteiger partial charge in [-0.25, -0.2) is 0 Å². The van der Waals surface area contributed by atoms with Gasteiger partial charge < -0.3 is 23.9 Å². The Bertz CT molecular complexity index is 112. The molecule has 0 aliphatic rings. The molecule has 10 heavy (non-hydrogen) atoms. The molecule has 0 N–H and O–H groups in total. The fraction of sp³-hybridized carbons (Fsp3) is 0.333. The normalized spacial score (nSPS) is 6.50. The van der Waals surface area contributed by atoms with E-state index in [1.54, 1.807) is 0 Å². The van der Waals surface area contributed by atoms with E-state index in [-0.39, 0.29) is 46.6 Å². The summed E-state index contributed by atoms with van der Waals surface area (Å²) in [5.41, 5.74) is 0. The summed E-state index contributed by atoms with van der Waals surface area (Å²) in [6.45, 7) is 2.99. The van der Waals surface area contributed by atoms with E-state index in [9.17, 15) is 9.59 Å². The van der Waals surface area contributed by atoms with Crippen molar-refractivity contribution in [3.63, 3.8) is 0 Å². The van der Waals surface area contributed by atoms with Crippen molar-refractivity contribution in [2.24, 2.45) is 0 Å². The number of hydrogen-bond acceptors (Lipinski definition) is 3. The number of hydrogen-bond donors (Lipinski definition) is 0. The van der Waals surface area contributed by atoms with E-state index in [1.165, 1.54) is 7.11 Å². The van der Waals surface area contributed by atoms with E-state index >= 15 is 0 Å². The fourth-order valence-electron chi connectivity index (χ4n) is 0.233. The summed E-state index contributed by atoms with van der Waals surface area (Å²) < 4.78 is 4.16. The van der Waals surface area contributed by atoms with Crippen molar-refractivity contribution >= 4 is 11.8 Å². The van der Waals surface area contributed by atoms with Gasteiger partial charge in [-0.1, -0.05) is 0 Å². The summed E-state index contributed by atoms with van der Waals surface area (Å²) in [6, 6.07) is 0. The smallest absolute Gasteiger partial charge is 0.310 e. The van der Waals surface area contributed by atoms with Crippen LogP contribution in [0.25, 0.3) is 0 Å². The zero-order valence-corrected chi connectivity index (χ0v) is 9.05. The number of methoxy groups -OCH3 is 1. The molecule has 0 heterocycles. The molecule has 0 aromatic heterocycles. The van der Waals surface area contributed by atoms with Crippen molar-refractivity contribution in [2.75, 3.05) is 7.11 Å². The maximum Gasteiger partial charge on any atom is 0.310 e. The second-order valence-electron chi connectivity index (χ2n) is 1.29. The Hall–Kier alpha value is 0.114. The Balaban J connectivity index is -0.000000245. The topological polar surface area (TPSA) is 43.4 Å². The van der Waals surface area contributed by atoms with Gasteiger partial charge in [0, 0.05) is 38.5 Å². The summed E-state index contributed by atoms with van der Waals surface area (Å²) >= 11 is 0. The summed E-state index contributed by atoms with van der Waals surface area (Å²) in [5, 5.41) is 0. The summed E-state index contributed by atoms with van der Waals surface area (Å²) in [7, 11) is 1.23. The van der Waals surface area contributed by atoms with Gasteiger partial charge in [-0.2, -0.15) is 0 Å². The van der Waals surface area contributed by atoms with Crippen LogP contribution in [0.5, 0.6) is 0 Å². The predicted molar refractivity (Wildman–Crippen MR) is 33.4 cm³/mol. The zero-order chi connectivity index (χ0) is 6.57. The van der Waals surface area contributed by atoms with Gasteiger partial charge >= 0.3 is 5.97 Å². The van der Waals surface area contributed by atoms with E-state index in [2.05, 4.69) is 11.7 Å². The van der Waals surface area contributed by atoms with Crippen LogP contribution in [0, 0.1) is 14.4 Å². The Morgan fingerprint density at radius 1 is 1.50 bits per heavy atom. The van der Waals surface area contributed by atoms with Crippen LogP contribution in [0.4, 0.5) is 0 Å². The fourth-order valence-corrected chi connectivity index (χ4v) is 0.233. The number of ether oxygens (including phenoxy) is 1. The third-order valence-corrected chi connectivity index (χ3v) is 0.569. The SMILES string of the molecule is [CH2-]C(=O)CC(=O)OC.[CH3-].[Y]. The van der Waals surface area contributed by atoms with E-state index in [4.69, 9.17) is 0 Å². The second kappa shape index (κ2) is 9.11. The predicted octanol–water partition coefficient (Wildman–Crippen LogP) is 0.400. The molecule has 0 aliphatic carbocycles. The molecule has 0 amide bonds. The minimum atomic E-state index is -0.537. The largest absolute Gasteiger partial charge is 0.469 e. The number of rotatable bonds is 2. The van der Waals surface area contributed by atoms with Crippen LogP contribution in [0.2, 0.25) is 0 Å². The van der Waals surface area contributed by atoms with Crippen LogP contribution in [-0.2, 0) is 47.0 Å². The molecule has 0 spiro atoms. The molecule has 4 heteroatoms. The quantitative estimate of drug-likeness (QED) is 0.383. The van der Waals surface area contributed by atoms with Gasteiger partial charge in [-0.3, -0.25) is 4.79 Å². The maximum absolute atomic E-state index is 10.1. The Morgan fingerprint density at radius 2 is 1.90 bits per heavy atom. The molecule has 0 bridgehead atoms. The van der Waals surface area contributed by atoms with Crippen molar-refractivity contribution in [3.05, 3.63) is 14.4 Å². The second-order valence-corrected chi connectivity index (χ2v) is 1.29. The average molecular weight is 219 g/mol. The van der Waals surface area contributed by atoms with E-state index < -0.39 is 11.8 Å². The molecule has 0 saturated carbocycles. The molecule has 3 nitrogen and oxygen atoms in total. The molecular weight excluding hydrogens is 209 g/mol. The van der Waals surface area contributed by atoms with Gasteiger partial charge in [-0.05, 0) is 0 Å². The Labute approximate surface area is 86.4 Å². The Morgan fingerprint density at radius 3 is 2.00 bits per heavy atom. The Kier molecular flexibility index (Phi) is 15.1. The molecule has 0 aromatic carbocycles. The number of esters is 1. The van der Waals surface area contributed by atoms with Crippen LogP contribution in [0.1, 0.15) is 6.42 Å². The molecule has 1 radical (unpaired) electrons. The van der Waals surface area contributed by atoms with Gasteiger partial charge in [0.15, 0.2) is 0 Å². The van der Waals surface area contributed by atoms with Crippen molar-refractivity contribution in [1.82, 2.24) is 0 Å². The first-order chi connectivity index (χ1) is 3.66. The van der Waals surface area contributed by atoms with Gasteiger partial charge in [0.25, 0.3) is 0 Å². The van der Waals surface area contributed by atoms with E-state index in [0.717, 1.165) is 0 Å². The number of carbonyl (C=O) groups is 2. The molecule has 0 aromatic rings. The van der Waals surface area contributed by atoms with Gasteiger partial charge in [0.05, 0.1) is 13.5 Å². The van der Waals surface area contributed by atoms with Crippen LogP contribution >= 0.6 is 0 Å². The van der Waals surface area contributed by atoms with Crippen LogP contribution < -0.4 is 0 Å². The molecule has 57 valence electrons. The van der Waals surface area contributed by atoms with Gasteiger partial charge in [0.2, 0.25) is 0 Å². The standard InChI is InChI=1S/C5H7O3.CH3.Y/c1-4(6)3-5(7)8-2;;/h1,3H2,2H3;1H3;/q2*-1;. The first-order valence-corrected chi connectivity index (χ1v) is 2.08. The van der Waals surface area contributed by atoms with Crippen molar-refractivity contribution < 1.29 is 47.0 Å². The first-order valence-electron chi connectivity index (χ1n) is 2.08. The maximum atomic E-state index is 10.1. The summed E-state index contributed by atoms with van der Waals surface area (Å²) in [4.78, 5) is 20.1. The van der Waals surface area contributed by atoms with Crippen molar-refractivity contribution in [2.45, 2.75) is 6.42 Å². The van der Waals surface area contributed by atoms with Gasteiger partial charge in [0.1, 0.15) is 0 Å². The van der Waals surface area contributed by atoms with Crippen molar-refractivity contribution in [3.8, 4) is 0 Å². The molecule has 0 unspecified atom stereocenters. The third kappa shape index (κ3) is 11.0. The minimum absolute atomic E-state index is 0. The first kappa shape index (κ1) is 16.6.